The molecule has 0 aromatic heterocycles. The monoisotopic (exact) mass is 216 g/mol. The first kappa shape index (κ1) is 10.6. The van der Waals surface area contributed by atoms with Gasteiger partial charge in [-0.05, 0) is 32.2 Å². The Bertz CT molecular complexity index is 246. The van der Waals surface area contributed by atoms with Gasteiger partial charge in [0.15, 0.2) is 0 Å². The molecule has 0 aliphatic carbocycles. The fourth-order valence-electron chi connectivity index (χ4n) is 3.16. The van der Waals surface area contributed by atoms with Gasteiger partial charge in [-0.1, -0.05) is 6.92 Å². The lowest BCUT2D eigenvalue weighted by atomic mass is 9.90. The molecule has 2 rings (SSSR count). The summed E-state index contributed by atoms with van der Waals surface area (Å²) >= 11 is 0. The molecule has 3 nitrogen and oxygen atoms in total. The Kier molecular flexibility index (Phi) is 2.96. The van der Waals surface area contributed by atoms with Crippen LogP contribution in [0.5, 0.6) is 0 Å². The first-order valence-corrected chi connectivity index (χ1v) is 7.07. The zero-order chi connectivity index (χ0) is 10.2. The quantitative estimate of drug-likeness (QED) is 0.760. The summed E-state index contributed by atoms with van der Waals surface area (Å²) in [7, 11) is -0.860. The van der Waals surface area contributed by atoms with Crippen molar-refractivity contribution < 1.29 is 4.21 Å². The highest BCUT2D eigenvalue weighted by Gasteiger charge is 2.46. The highest BCUT2D eigenvalue weighted by atomic mass is 32.2. The van der Waals surface area contributed by atoms with Crippen LogP contribution in [0, 0.1) is 0 Å². The summed E-state index contributed by atoms with van der Waals surface area (Å²) in [6.45, 7) is 4.61. The van der Waals surface area contributed by atoms with Gasteiger partial charge in [-0.25, -0.2) is 8.93 Å². The molecule has 3 atom stereocenters. The topological polar surface area (TPSA) is 32.3 Å². The van der Waals surface area contributed by atoms with Crippen LogP contribution in [-0.2, 0) is 11.0 Å². The Morgan fingerprint density at radius 2 is 2.43 bits per heavy atom. The van der Waals surface area contributed by atoms with E-state index in [4.69, 9.17) is 0 Å². The summed E-state index contributed by atoms with van der Waals surface area (Å²) in [5.41, 5.74) is 0.442. The molecule has 14 heavy (non-hydrogen) atoms. The normalized spacial score (nSPS) is 40.0. The van der Waals surface area contributed by atoms with Gasteiger partial charge in [0.1, 0.15) is 0 Å². The van der Waals surface area contributed by atoms with E-state index in [1.54, 1.807) is 6.26 Å². The van der Waals surface area contributed by atoms with E-state index in [0.717, 1.165) is 6.54 Å². The predicted molar refractivity (Wildman–Crippen MR) is 59.4 cm³/mol. The molecule has 4 heteroatoms. The molecular weight excluding hydrogens is 196 g/mol. The molecule has 0 spiro atoms. The van der Waals surface area contributed by atoms with E-state index < -0.39 is 11.0 Å². The number of rotatable bonds is 3. The Morgan fingerprint density at radius 1 is 1.64 bits per heavy atom. The van der Waals surface area contributed by atoms with Gasteiger partial charge in [0.05, 0.1) is 11.0 Å². The second kappa shape index (κ2) is 3.91. The molecule has 2 fully saturated rings. The lowest BCUT2D eigenvalue weighted by molar-refractivity contribution is 0.189. The van der Waals surface area contributed by atoms with E-state index in [-0.39, 0.29) is 0 Å². The Morgan fingerprint density at radius 3 is 3.00 bits per heavy atom. The third-order valence-corrected chi connectivity index (χ3v) is 4.46. The maximum Gasteiger partial charge on any atom is 0.0886 e. The fourth-order valence-corrected chi connectivity index (χ4v) is 3.79. The lowest BCUT2D eigenvalue weighted by Gasteiger charge is -2.30. The standard InChI is InChI=1S/C10H20N2OS/c1-3-10-5-4-6-12(10)8-9(7-10)11-14(2)13/h9,11H,3-8H2,1-2H3. The van der Waals surface area contributed by atoms with Crippen molar-refractivity contribution in [3.8, 4) is 0 Å². The molecule has 3 unspecified atom stereocenters. The van der Waals surface area contributed by atoms with Crippen molar-refractivity contribution in [2.24, 2.45) is 0 Å². The highest BCUT2D eigenvalue weighted by molar-refractivity contribution is 7.82. The second-order valence-corrected chi connectivity index (χ2v) is 5.74. The average molecular weight is 216 g/mol. The molecule has 0 aromatic carbocycles. The minimum absolute atomic E-state index is 0.442. The van der Waals surface area contributed by atoms with Crippen LogP contribution in [0.25, 0.3) is 0 Å². The minimum Gasteiger partial charge on any atom is -0.296 e. The molecular formula is C10H20N2OS. The summed E-state index contributed by atoms with van der Waals surface area (Å²) in [4.78, 5) is 2.59. The van der Waals surface area contributed by atoms with E-state index >= 15 is 0 Å². The van der Waals surface area contributed by atoms with Gasteiger partial charge in [0, 0.05) is 24.4 Å². The van der Waals surface area contributed by atoms with Crippen molar-refractivity contribution in [1.82, 2.24) is 9.62 Å². The fraction of sp³-hybridized carbons (Fsp3) is 1.00. The average Bonchev–Trinajstić information content (AvgIpc) is 2.59. The van der Waals surface area contributed by atoms with Crippen molar-refractivity contribution in [2.45, 2.75) is 44.2 Å². The maximum atomic E-state index is 11.1. The van der Waals surface area contributed by atoms with Crippen LogP contribution in [0.4, 0.5) is 0 Å². The Balaban J connectivity index is 2.01. The minimum atomic E-state index is -0.860. The molecule has 2 saturated heterocycles. The zero-order valence-corrected chi connectivity index (χ0v) is 9.90. The first-order chi connectivity index (χ1) is 6.66. The Labute approximate surface area is 88.8 Å². The molecule has 0 bridgehead atoms. The van der Waals surface area contributed by atoms with E-state index in [0.29, 0.717) is 11.6 Å². The van der Waals surface area contributed by atoms with Gasteiger partial charge in [0.2, 0.25) is 0 Å². The summed E-state index contributed by atoms with van der Waals surface area (Å²) in [6, 6.07) is 0.445. The van der Waals surface area contributed by atoms with Crippen LogP contribution < -0.4 is 4.72 Å². The summed E-state index contributed by atoms with van der Waals surface area (Å²) in [5.74, 6) is 0. The molecule has 0 aromatic rings. The zero-order valence-electron chi connectivity index (χ0n) is 9.08. The first-order valence-electron chi connectivity index (χ1n) is 5.51. The third kappa shape index (κ3) is 1.75. The summed E-state index contributed by atoms with van der Waals surface area (Å²) in [5, 5.41) is 0. The van der Waals surface area contributed by atoms with Crippen LogP contribution >= 0.6 is 0 Å². The van der Waals surface area contributed by atoms with Gasteiger partial charge in [-0.2, -0.15) is 0 Å². The van der Waals surface area contributed by atoms with Crippen LogP contribution in [0.3, 0.4) is 0 Å². The van der Waals surface area contributed by atoms with Gasteiger partial charge in [0.25, 0.3) is 0 Å². The highest BCUT2D eigenvalue weighted by Crippen LogP contribution is 2.41. The van der Waals surface area contributed by atoms with Gasteiger partial charge < -0.3 is 0 Å². The van der Waals surface area contributed by atoms with E-state index in [1.807, 2.05) is 0 Å². The van der Waals surface area contributed by atoms with E-state index in [2.05, 4.69) is 16.5 Å². The summed E-state index contributed by atoms with van der Waals surface area (Å²) in [6.07, 6.45) is 6.82. The van der Waals surface area contributed by atoms with Crippen LogP contribution in [0.15, 0.2) is 0 Å². The third-order valence-electron chi connectivity index (χ3n) is 3.80. The number of fused-ring (bicyclic) bond motifs is 1. The van der Waals surface area contributed by atoms with Crippen molar-refractivity contribution in [3.05, 3.63) is 0 Å². The number of hydrogen-bond donors (Lipinski definition) is 1. The summed E-state index contributed by atoms with van der Waals surface area (Å²) < 4.78 is 14.3. The SMILES string of the molecule is CCC12CCCN1CC(NS(C)=O)C2. The second-order valence-electron chi connectivity index (χ2n) is 4.60. The van der Waals surface area contributed by atoms with Crippen LogP contribution in [-0.4, -0.2) is 40.0 Å². The lowest BCUT2D eigenvalue weighted by Crippen LogP contribution is -2.37. The predicted octanol–water partition coefficient (Wildman–Crippen LogP) is 0.886. The van der Waals surface area contributed by atoms with Crippen LogP contribution in [0.1, 0.15) is 32.6 Å². The van der Waals surface area contributed by atoms with Crippen molar-refractivity contribution in [2.75, 3.05) is 19.3 Å². The molecule has 1 N–H and O–H groups in total. The molecule has 0 amide bonds. The van der Waals surface area contributed by atoms with Gasteiger partial charge in [-0.15, -0.1) is 0 Å². The smallest absolute Gasteiger partial charge is 0.0886 e. The van der Waals surface area contributed by atoms with Gasteiger partial charge in [-0.3, -0.25) is 4.90 Å². The van der Waals surface area contributed by atoms with Crippen LogP contribution in [0.2, 0.25) is 0 Å². The van der Waals surface area contributed by atoms with Crippen molar-refractivity contribution in [1.29, 1.82) is 0 Å². The van der Waals surface area contributed by atoms with Crippen molar-refractivity contribution in [3.63, 3.8) is 0 Å². The largest absolute Gasteiger partial charge is 0.296 e. The molecule has 2 aliphatic rings. The van der Waals surface area contributed by atoms with Crippen molar-refractivity contribution >= 4 is 11.0 Å². The molecule has 0 saturated carbocycles. The molecule has 0 radical (unpaired) electrons. The maximum absolute atomic E-state index is 11.1. The van der Waals surface area contributed by atoms with Gasteiger partial charge >= 0.3 is 0 Å². The van der Waals surface area contributed by atoms with E-state index in [9.17, 15) is 4.21 Å². The Hall–Kier alpha value is 0.0700. The number of hydrogen-bond acceptors (Lipinski definition) is 2. The molecule has 2 aliphatic heterocycles. The molecule has 82 valence electrons. The number of nitrogens with zero attached hydrogens (tertiary/aromatic N) is 1. The number of nitrogens with one attached hydrogen (secondary N) is 1. The van der Waals surface area contributed by atoms with E-state index in [1.165, 1.54) is 32.2 Å². The molecule has 2 heterocycles.